The second-order valence-electron chi connectivity index (χ2n) is 8.22. The van der Waals surface area contributed by atoms with Gasteiger partial charge in [0, 0.05) is 44.8 Å². The number of carbonyl (C=O) groups excluding carboxylic acids is 1. The highest BCUT2D eigenvalue weighted by molar-refractivity contribution is 7.90. The summed E-state index contributed by atoms with van der Waals surface area (Å²) in [6.07, 6.45) is 4.33. The van der Waals surface area contributed by atoms with Crippen LogP contribution in [0.4, 0.5) is 0 Å². The van der Waals surface area contributed by atoms with Gasteiger partial charge in [0.15, 0.2) is 9.84 Å². The lowest BCUT2D eigenvalue weighted by Crippen LogP contribution is -2.59. The zero-order valence-corrected chi connectivity index (χ0v) is 17.2. The molecule has 150 valence electrons. The third-order valence-electron chi connectivity index (χ3n) is 5.54. The molecule has 0 radical (unpaired) electrons. The fourth-order valence-corrected chi connectivity index (χ4v) is 4.56. The van der Waals surface area contributed by atoms with Gasteiger partial charge >= 0.3 is 0 Å². The van der Waals surface area contributed by atoms with E-state index in [9.17, 15) is 13.2 Å². The predicted octanol–water partition coefficient (Wildman–Crippen LogP) is 1.99. The molecule has 27 heavy (non-hydrogen) atoms. The van der Waals surface area contributed by atoms with Crippen LogP contribution in [0, 0.1) is 5.92 Å². The van der Waals surface area contributed by atoms with E-state index in [4.69, 9.17) is 4.74 Å². The minimum Gasteiger partial charge on any atom is -0.370 e. The smallest absolute Gasteiger partial charge is 0.222 e. The maximum absolute atomic E-state index is 11.7. The molecule has 1 N–H and O–H groups in total. The highest BCUT2D eigenvalue weighted by Gasteiger charge is 2.47. The van der Waals surface area contributed by atoms with Crippen molar-refractivity contribution in [2.75, 3.05) is 25.9 Å². The molecule has 7 heteroatoms. The van der Waals surface area contributed by atoms with Gasteiger partial charge in [-0.05, 0) is 30.5 Å². The first kappa shape index (κ1) is 20.3. The number of rotatable bonds is 6. The molecule has 0 unspecified atom stereocenters. The Kier molecular flexibility index (Phi) is 5.93. The number of likely N-dealkylation sites (tertiary alicyclic amines) is 1. The lowest BCUT2D eigenvalue weighted by atomic mass is 9.80. The van der Waals surface area contributed by atoms with Gasteiger partial charge in [0.05, 0.1) is 16.6 Å². The molecular weight excluding hydrogens is 364 g/mol. The number of amides is 1. The fraction of sp³-hybridized carbons (Fsp3) is 0.650. The molecule has 1 aromatic carbocycles. The van der Waals surface area contributed by atoms with Crippen LogP contribution >= 0.6 is 0 Å². The Morgan fingerprint density at radius 1 is 1.33 bits per heavy atom. The second kappa shape index (κ2) is 7.89. The number of hydrogen-bond acceptors (Lipinski definition) is 5. The first-order chi connectivity index (χ1) is 12.7. The summed E-state index contributed by atoms with van der Waals surface area (Å²) in [5, 5.41) is 2.94. The van der Waals surface area contributed by atoms with Crippen molar-refractivity contribution in [2.45, 2.75) is 56.3 Å². The van der Waals surface area contributed by atoms with Crippen LogP contribution in [0.25, 0.3) is 0 Å². The minimum atomic E-state index is -3.17. The molecular formula is C20H30N2O4S. The molecule has 2 saturated heterocycles. The van der Waals surface area contributed by atoms with E-state index in [-0.39, 0.29) is 23.5 Å². The fourth-order valence-electron chi connectivity index (χ4n) is 3.86. The molecule has 0 saturated carbocycles. The lowest BCUT2D eigenvalue weighted by Gasteiger charge is -2.52. The summed E-state index contributed by atoms with van der Waals surface area (Å²) in [5.74, 6) is 0.0779. The number of hydrogen-bond donors (Lipinski definition) is 1. The number of ether oxygens (including phenoxy) is 1. The second-order valence-corrected chi connectivity index (χ2v) is 10.2. The Morgan fingerprint density at radius 3 is 2.59 bits per heavy atom. The highest BCUT2D eigenvalue weighted by atomic mass is 32.2. The van der Waals surface area contributed by atoms with Crippen LogP contribution in [-0.2, 0) is 25.9 Å². The Labute approximate surface area is 162 Å². The van der Waals surface area contributed by atoms with E-state index in [1.165, 1.54) is 6.26 Å². The zero-order valence-electron chi connectivity index (χ0n) is 16.4. The first-order valence-corrected chi connectivity index (χ1v) is 11.5. The summed E-state index contributed by atoms with van der Waals surface area (Å²) in [5.41, 5.74) is 0.996. The van der Waals surface area contributed by atoms with E-state index in [2.05, 4.69) is 10.2 Å². The van der Waals surface area contributed by atoms with Crippen LogP contribution < -0.4 is 5.32 Å². The van der Waals surface area contributed by atoms with Crippen molar-refractivity contribution in [1.29, 1.82) is 0 Å². The van der Waals surface area contributed by atoms with E-state index in [1.54, 1.807) is 12.1 Å². The van der Waals surface area contributed by atoms with Crippen LogP contribution in [0.1, 0.15) is 38.7 Å². The van der Waals surface area contributed by atoms with Crippen molar-refractivity contribution in [2.24, 2.45) is 5.92 Å². The van der Waals surface area contributed by atoms with Gasteiger partial charge in [-0.2, -0.15) is 0 Å². The summed E-state index contributed by atoms with van der Waals surface area (Å²) >= 11 is 0. The normalized spacial score (nSPS) is 22.6. The number of nitrogens with one attached hydrogen (secondary N) is 1. The zero-order chi connectivity index (χ0) is 19.7. The van der Waals surface area contributed by atoms with E-state index in [0.29, 0.717) is 11.4 Å². The van der Waals surface area contributed by atoms with Gasteiger partial charge in [0.1, 0.15) is 0 Å². The standard InChI is InChI=1S/C20H30N2O4S/c1-15(2)19(23)21-13-17-12-20(26-17)7-9-22(10-8-20)14-16-5-4-6-18(11-16)27(3,24)25/h4-6,11,15,17H,7-10,12-14H2,1-3H3,(H,21,23)/t17-/m1/s1. The highest BCUT2D eigenvalue weighted by Crippen LogP contribution is 2.41. The average Bonchev–Trinajstić information content (AvgIpc) is 2.58. The van der Waals surface area contributed by atoms with Gasteiger partial charge < -0.3 is 10.1 Å². The quantitative estimate of drug-likeness (QED) is 0.799. The Balaban J connectivity index is 1.45. The number of piperidine rings is 1. The molecule has 6 nitrogen and oxygen atoms in total. The Bertz CT molecular complexity index is 775. The lowest BCUT2D eigenvalue weighted by molar-refractivity contribution is -0.223. The van der Waals surface area contributed by atoms with Crippen LogP contribution in [-0.4, -0.2) is 56.8 Å². The summed E-state index contributed by atoms with van der Waals surface area (Å²) in [4.78, 5) is 14.4. The largest absolute Gasteiger partial charge is 0.370 e. The molecule has 2 aliphatic rings. The van der Waals surface area contributed by atoms with Crippen LogP contribution in [0.15, 0.2) is 29.2 Å². The van der Waals surface area contributed by atoms with Gasteiger partial charge in [-0.25, -0.2) is 8.42 Å². The minimum absolute atomic E-state index is 0.00322. The van der Waals surface area contributed by atoms with Crippen molar-refractivity contribution in [1.82, 2.24) is 10.2 Å². The molecule has 0 bridgehead atoms. The summed E-state index contributed by atoms with van der Waals surface area (Å²) in [7, 11) is -3.17. The molecule has 2 fully saturated rings. The Hall–Kier alpha value is -1.44. The van der Waals surface area contributed by atoms with Crippen molar-refractivity contribution in [3.8, 4) is 0 Å². The van der Waals surface area contributed by atoms with E-state index < -0.39 is 9.84 Å². The molecule has 2 aliphatic heterocycles. The topological polar surface area (TPSA) is 75.7 Å². The number of benzene rings is 1. The monoisotopic (exact) mass is 394 g/mol. The molecule has 0 aliphatic carbocycles. The maximum atomic E-state index is 11.7. The molecule has 1 amide bonds. The van der Waals surface area contributed by atoms with Crippen molar-refractivity contribution in [3.63, 3.8) is 0 Å². The molecule has 1 spiro atoms. The van der Waals surface area contributed by atoms with Gasteiger partial charge in [0.25, 0.3) is 0 Å². The number of sulfone groups is 1. The van der Waals surface area contributed by atoms with Gasteiger partial charge in [0.2, 0.25) is 5.91 Å². The molecule has 0 aromatic heterocycles. The summed E-state index contributed by atoms with van der Waals surface area (Å²) < 4.78 is 29.6. The van der Waals surface area contributed by atoms with Crippen molar-refractivity contribution in [3.05, 3.63) is 29.8 Å². The summed E-state index contributed by atoms with van der Waals surface area (Å²) in [6, 6.07) is 7.20. The first-order valence-electron chi connectivity index (χ1n) is 9.64. The molecule has 3 rings (SSSR count). The van der Waals surface area contributed by atoms with E-state index in [1.807, 2.05) is 26.0 Å². The van der Waals surface area contributed by atoms with Crippen molar-refractivity contribution < 1.29 is 17.9 Å². The van der Waals surface area contributed by atoms with Gasteiger partial charge in [-0.15, -0.1) is 0 Å². The third-order valence-corrected chi connectivity index (χ3v) is 6.65. The summed E-state index contributed by atoms with van der Waals surface area (Å²) in [6.45, 7) is 7.01. The van der Waals surface area contributed by atoms with Crippen LogP contribution in [0.2, 0.25) is 0 Å². The van der Waals surface area contributed by atoms with Gasteiger partial charge in [-0.3, -0.25) is 9.69 Å². The predicted molar refractivity (Wildman–Crippen MR) is 104 cm³/mol. The molecule has 1 atom stereocenters. The van der Waals surface area contributed by atoms with Crippen molar-refractivity contribution >= 4 is 15.7 Å². The van der Waals surface area contributed by atoms with Gasteiger partial charge in [-0.1, -0.05) is 26.0 Å². The SMILES string of the molecule is CC(C)C(=O)NC[C@H]1CC2(CCN(Cc3cccc(S(C)(=O)=O)c3)CC2)O1. The van der Waals surface area contributed by atoms with E-state index in [0.717, 1.165) is 44.5 Å². The number of carbonyl (C=O) groups is 1. The molecule has 1 aromatic rings. The maximum Gasteiger partial charge on any atom is 0.222 e. The number of nitrogens with zero attached hydrogens (tertiary/aromatic N) is 1. The Morgan fingerprint density at radius 2 is 2.00 bits per heavy atom. The van der Waals surface area contributed by atoms with Crippen LogP contribution in [0.5, 0.6) is 0 Å². The average molecular weight is 395 g/mol. The third kappa shape index (κ3) is 5.09. The van der Waals surface area contributed by atoms with Crippen LogP contribution in [0.3, 0.4) is 0 Å². The van der Waals surface area contributed by atoms with E-state index >= 15 is 0 Å². The molecule has 2 heterocycles.